The summed E-state index contributed by atoms with van der Waals surface area (Å²) in [5.74, 6) is -0.186. The van der Waals surface area contributed by atoms with E-state index >= 15 is 0 Å². The minimum absolute atomic E-state index is 0.0803. The molecule has 5 rings (SSSR count). The fourth-order valence-corrected chi connectivity index (χ4v) is 3.54. The summed E-state index contributed by atoms with van der Waals surface area (Å²) in [6, 6.07) is 15.0. The first-order valence-electron chi connectivity index (χ1n) is 10.0. The number of fused-ring (bicyclic) bond motifs is 1. The fraction of sp³-hybridized carbons (Fsp3) is 0.0455. The van der Waals surface area contributed by atoms with Gasteiger partial charge in [-0.15, -0.1) is 5.11 Å². The molecule has 0 spiro atoms. The highest BCUT2D eigenvalue weighted by molar-refractivity contribution is 9.10. The number of furan rings is 1. The van der Waals surface area contributed by atoms with E-state index in [9.17, 15) is 15.0 Å². The van der Waals surface area contributed by atoms with E-state index in [4.69, 9.17) is 9.05 Å². The quantitative estimate of drug-likeness (QED) is 0.227. The van der Waals surface area contributed by atoms with Crippen LogP contribution in [0.3, 0.4) is 0 Å². The number of hydrogen-bond acceptors (Lipinski definition) is 11. The third-order valence-corrected chi connectivity index (χ3v) is 5.24. The summed E-state index contributed by atoms with van der Waals surface area (Å²) in [6.07, 6.45) is 0. The van der Waals surface area contributed by atoms with Crippen molar-refractivity contribution < 1.29 is 24.1 Å². The van der Waals surface area contributed by atoms with Crippen LogP contribution < -0.4 is 5.32 Å². The zero-order valence-corrected chi connectivity index (χ0v) is 19.2. The van der Waals surface area contributed by atoms with Gasteiger partial charge in [0.25, 0.3) is 0 Å². The molecule has 5 aromatic rings. The van der Waals surface area contributed by atoms with Gasteiger partial charge in [0.05, 0.1) is 0 Å². The van der Waals surface area contributed by atoms with E-state index in [2.05, 4.69) is 51.8 Å². The summed E-state index contributed by atoms with van der Waals surface area (Å²) in [7, 11) is 0. The average molecular weight is 536 g/mol. The Labute approximate surface area is 204 Å². The maximum atomic E-state index is 11.3. The summed E-state index contributed by atoms with van der Waals surface area (Å²) in [4.78, 5) is 19.9. The second-order valence-corrected chi connectivity index (χ2v) is 8.06. The van der Waals surface area contributed by atoms with Crippen LogP contribution in [0.1, 0.15) is 16.1 Å². The number of benzene rings is 2. The number of nitrogens with zero attached hydrogens (tertiary/aromatic N) is 6. The van der Waals surface area contributed by atoms with Crippen LogP contribution in [0.5, 0.6) is 5.75 Å². The van der Waals surface area contributed by atoms with Gasteiger partial charge in [0, 0.05) is 15.7 Å². The molecule has 0 atom stereocenters. The van der Waals surface area contributed by atoms with Crippen LogP contribution in [0.4, 0.5) is 17.3 Å². The maximum absolute atomic E-state index is 11.3. The number of aromatic nitrogens is 4. The molecule has 3 N–H and O–H groups in total. The highest BCUT2D eigenvalue weighted by Crippen LogP contribution is 2.29. The van der Waals surface area contributed by atoms with Gasteiger partial charge in [-0.1, -0.05) is 22.0 Å². The van der Waals surface area contributed by atoms with E-state index in [1.54, 1.807) is 18.2 Å². The lowest BCUT2D eigenvalue weighted by Gasteiger charge is -2.07. The number of carboxylic acid groups (broad SMARTS) is 1. The van der Waals surface area contributed by atoms with Crippen LogP contribution in [-0.2, 0) is 6.54 Å². The number of carboxylic acids is 1. The number of anilines is 2. The number of aromatic carboxylic acids is 1. The van der Waals surface area contributed by atoms with Gasteiger partial charge < -0.3 is 19.9 Å². The van der Waals surface area contributed by atoms with Crippen molar-refractivity contribution in [1.29, 1.82) is 0 Å². The Morgan fingerprint density at radius 3 is 2.69 bits per heavy atom. The zero-order valence-electron chi connectivity index (χ0n) is 17.6. The monoisotopic (exact) mass is 535 g/mol. The Balaban J connectivity index is 1.37. The summed E-state index contributed by atoms with van der Waals surface area (Å²) in [5.41, 5.74) is 1.42. The Bertz CT molecular complexity index is 1580. The van der Waals surface area contributed by atoms with Crippen LogP contribution in [0, 0.1) is 0 Å². The van der Waals surface area contributed by atoms with Crippen molar-refractivity contribution in [2.24, 2.45) is 10.2 Å². The van der Waals surface area contributed by atoms with Gasteiger partial charge in [0.15, 0.2) is 5.82 Å². The van der Waals surface area contributed by atoms with Crippen molar-refractivity contribution in [3.63, 3.8) is 0 Å². The number of halogens is 1. The van der Waals surface area contributed by atoms with E-state index in [1.807, 2.05) is 24.3 Å². The van der Waals surface area contributed by atoms with Gasteiger partial charge in [0.2, 0.25) is 17.1 Å². The summed E-state index contributed by atoms with van der Waals surface area (Å²) in [5, 5.41) is 37.8. The van der Waals surface area contributed by atoms with Crippen LogP contribution in [-0.4, -0.2) is 36.5 Å². The summed E-state index contributed by atoms with van der Waals surface area (Å²) >= 11 is 3.42. The molecular formula is C22H14BrN7O5. The number of aromatic hydroxyl groups is 1. The third-order valence-electron chi connectivity index (χ3n) is 4.75. The smallest absolute Gasteiger partial charge is 0.339 e. The van der Waals surface area contributed by atoms with E-state index in [1.165, 1.54) is 12.1 Å². The second kappa shape index (κ2) is 9.30. The van der Waals surface area contributed by atoms with Gasteiger partial charge in [-0.05, 0) is 58.8 Å². The van der Waals surface area contributed by atoms with Crippen molar-refractivity contribution >= 4 is 50.5 Å². The zero-order chi connectivity index (χ0) is 24.4. The highest BCUT2D eigenvalue weighted by atomic mass is 79.9. The number of nitrogens with one attached hydrogen (secondary N) is 1. The molecule has 0 saturated carbocycles. The molecule has 12 nitrogen and oxygen atoms in total. The number of azo groups is 1. The molecule has 3 heterocycles. The van der Waals surface area contributed by atoms with E-state index < -0.39 is 5.97 Å². The van der Waals surface area contributed by atoms with Crippen molar-refractivity contribution in [2.45, 2.75) is 6.54 Å². The first-order chi connectivity index (χ1) is 17.0. The van der Waals surface area contributed by atoms with Gasteiger partial charge >= 0.3 is 5.97 Å². The minimum Gasteiger partial charge on any atom is -0.507 e. The third kappa shape index (κ3) is 4.84. The molecule has 3 aromatic heterocycles. The number of carbonyl (C=O) groups is 1. The first-order valence-corrected chi connectivity index (χ1v) is 10.8. The lowest BCUT2D eigenvalue weighted by atomic mass is 10.1. The van der Waals surface area contributed by atoms with Gasteiger partial charge in [0.1, 0.15) is 29.4 Å². The predicted molar refractivity (Wildman–Crippen MR) is 126 cm³/mol. The Morgan fingerprint density at radius 1 is 1.06 bits per heavy atom. The van der Waals surface area contributed by atoms with Gasteiger partial charge in [-0.2, -0.15) is 10.1 Å². The topological polar surface area (TPSA) is 172 Å². The van der Waals surface area contributed by atoms with Crippen molar-refractivity contribution in [1.82, 2.24) is 20.3 Å². The van der Waals surface area contributed by atoms with Gasteiger partial charge in [-0.3, -0.25) is 0 Å². The second-order valence-electron chi connectivity index (χ2n) is 7.15. The molecule has 0 aliphatic rings. The predicted octanol–water partition coefficient (Wildman–Crippen LogP) is 5.47. The molecule has 0 bridgehead atoms. The molecule has 0 fully saturated rings. The fourth-order valence-electron chi connectivity index (χ4n) is 3.14. The highest BCUT2D eigenvalue weighted by Gasteiger charge is 2.15. The van der Waals surface area contributed by atoms with E-state index in [0.717, 1.165) is 10.2 Å². The molecule has 2 aromatic carbocycles. The minimum atomic E-state index is -1.24. The number of rotatable bonds is 7. The molecule has 174 valence electrons. The Hall–Kier alpha value is -4.65. The molecule has 0 aliphatic carbocycles. The standard InChI is InChI=1S/C22H14BrN7O5/c23-12-2-1-3-13(9-12)25-18-19(27-21-20(26-18)29-35-30-21)28-24-10-14-5-7-17(34-14)11-4-6-16(31)15(8-11)22(32)33/h1-9,31H,10H2,(H,32,33)(H,25,26,29). The van der Waals surface area contributed by atoms with Crippen LogP contribution in [0.2, 0.25) is 0 Å². The Kier molecular flexibility index (Phi) is 5.89. The Morgan fingerprint density at radius 2 is 1.89 bits per heavy atom. The molecule has 0 aliphatic heterocycles. The van der Waals surface area contributed by atoms with Crippen LogP contribution >= 0.6 is 15.9 Å². The molecular weight excluding hydrogens is 522 g/mol. The number of phenols is 1. The molecule has 0 unspecified atom stereocenters. The molecule has 35 heavy (non-hydrogen) atoms. The molecule has 13 heteroatoms. The first kappa shape index (κ1) is 22.2. The largest absolute Gasteiger partial charge is 0.507 e. The lowest BCUT2D eigenvalue weighted by Crippen LogP contribution is -1.97. The van der Waals surface area contributed by atoms with Crippen molar-refractivity contribution in [3.8, 4) is 17.1 Å². The maximum Gasteiger partial charge on any atom is 0.339 e. The van der Waals surface area contributed by atoms with Crippen molar-refractivity contribution in [3.05, 3.63) is 70.4 Å². The summed E-state index contributed by atoms with van der Waals surface area (Å²) < 4.78 is 11.3. The van der Waals surface area contributed by atoms with Crippen LogP contribution in [0.15, 0.2) is 78.3 Å². The van der Waals surface area contributed by atoms with E-state index in [-0.39, 0.29) is 35.0 Å². The van der Waals surface area contributed by atoms with Crippen molar-refractivity contribution in [2.75, 3.05) is 5.32 Å². The van der Waals surface area contributed by atoms with Crippen LogP contribution in [0.25, 0.3) is 22.6 Å². The lowest BCUT2D eigenvalue weighted by molar-refractivity contribution is 0.0694. The molecule has 0 radical (unpaired) electrons. The van der Waals surface area contributed by atoms with Gasteiger partial charge in [-0.25, -0.2) is 14.4 Å². The SMILES string of the molecule is O=C(O)c1cc(-c2ccc(CN=Nc3nc4nonc4nc3Nc3cccc(Br)c3)o2)ccc1O. The average Bonchev–Trinajstić information content (AvgIpc) is 3.49. The summed E-state index contributed by atoms with van der Waals surface area (Å²) in [6.45, 7) is 0.0803. The normalized spacial score (nSPS) is 11.3. The number of hydrogen-bond donors (Lipinski definition) is 3. The molecule has 0 amide bonds. The van der Waals surface area contributed by atoms with E-state index in [0.29, 0.717) is 22.9 Å². The molecule has 0 saturated heterocycles.